The van der Waals surface area contributed by atoms with E-state index < -0.39 is 72.6 Å². The smallest absolute Gasteiger partial charge is 0.326 e. The van der Waals surface area contributed by atoms with Gasteiger partial charge < -0.3 is 53.5 Å². The van der Waals surface area contributed by atoms with E-state index in [9.17, 15) is 39.0 Å². The van der Waals surface area contributed by atoms with E-state index in [2.05, 4.69) is 25.9 Å². The van der Waals surface area contributed by atoms with E-state index in [4.69, 9.17) is 22.3 Å². The molecule has 0 spiro atoms. The SMILES string of the molecule is NC(N)=NCCCC(NC(=O)C(CC(=O)O)NC(=O)C(Cc1c[nH]c2ccccc12)NC(=O)C(N)CC(=O)O)C(=O)O. The van der Waals surface area contributed by atoms with E-state index in [1.807, 2.05) is 0 Å². The summed E-state index contributed by atoms with van der Waals surface area (Å²) in [6, 6.07) is 0.955. The Morgan fingerprint density at radius 3 is 2.05 bits per heavy atom. The van der Waals surface area contributed by atoms with Crippen LogP contribution in [0.4, 0.5) is 0 Å². The van der Waals surface area contributed by atoms with Gasteiger partial charge in [0.05, 0.1) is 18.9 Å². The Bertz CT molecular complexity index is 1340. The number of nitrogens with one attached hydrogen (secondary N) is 4. The number of carboxylic acid groups (broad SMARTS) is 3. The van der Waals surface area contributed by atoms with Crippen LogP contribution in [0.15, 0.2) is 35.5 Å². The quantitative estimate of drug-likeness (QED) is 0.0523. The van der Waals surface area contributed by atoms with Crippen molar-refractivity contribution in [2.24, 2.45) is 22.2 Å². The lowest BCUT2D eigenvalue weighted by atomic mass is 10.0. The highest BCUT2D eigenvalue weighted by atomic mass is 16.4. The zero-order valence-electron chi connectivity index (χ0n) is 22.4. The zero-order chi connectivity index (χ0) is 31.4. The molecule has 0 aliphatic rings. The lowest BCUT2D eigenvalue weighted by molar-refractivity contribution is -0.143. The Balaban J connectivity index is 2.27. The molecule has 17 nitrogen and oxygen atoms in total. The minimum Gasteiger partial charge on any atom is -0.481 e. The van der Waals surface area contributed by atoms with Crippen LogP contribution in [0.1, 0.15) is 31.2 Å². The molecule has 228 valence electrons. The van der Waals surface area contributed by atoms with Gasteiger partial charge in [-0.15, -0.1) is 0 Å². The summed E-state index contributed by atoms with van der Waals surface area (Å²) in [6.07, 6.45) is -0.130. The number of carbonyl (C=O) groups is 6. The second-order valence-corrected chi connectivity index (χ2v) is 9.34. The number of aromatic amines is 1. The number of nitrogens with zero attached hydrogens (tertiary/aromatic N) is 1. The molecule has 4 unspecified atom stereocenters. The van der Waals surface area contributed by atoms with Crippen LogP contribution < -0.4 is 33.2 Å². The van der Waals surface area contributed by atoms with Crippen molar-refractivity contribution in [1.29, 1.82) is 0 Å². The number of aliphatic imine (C=N–C) groups is 1. The molecule has 0 fully saturated rings. The average molecular weight is 591 g/mol. The molecule has 1 aromatic heterocycles. The maximum absolute atomic E-state index is 13.4. The highest BCUT2D eigenvalue weighted by Gasteiger charge is 2.32. The number of fused-ring (bicyclic) bond motifs is 1. The van der Waals surface area contributed by atoms with Crippen LogP contribution in [0, 0.1) is 0 Å². The van der Waals surface area contributed by atoms with E-state index in [-0.39, 0.29) is 31.8 Å². The third-order valence-electron chi connectivity index (χ3n) is 6.03. The fourth-order valence-electron chi connectivity index (χ4n) is 3.98. The van der Waals surface area contributed by atoms with Crippen molar-refractivity contribution in [3.63, 3.8) is 0 Å². The Morgan fingerprint density at radius 2 is 1.43 bits per heavy atom. The first-order valence-corrected chi connectivity index (χ1v) is 12.7. The van der Waals surface area contributed by atoms with Gasteiger partial charge in [-0.1, -0.05) is 18.2 Å². The molecule has 1 heterocycles. The fourth-order valence-corrected chi connectivity index (χ4v) is 3.98. The van der Waals surface area contributed by atoms with Crippen molar-refractivity contribution >= 4 is 52.5 Å². The van der Waals surface area contributed by atoms with Crippen LogP contribution in [0.5, 0.6) is 0 Å². The van der Waals surface area contributed by atoms with Gasteiger partial charge in [-0.2, -0.15) is 0 Å². The number of para-hydroxylation sites is 1. The predicted octanol–water partition coefficient (Wildman–Crippen LogP) is -2.42. The second-order valence-electron chi connectivity index (χ2n) is 9.34. The lowest BCUT2D eigenvalue weighted by Gasteiger charge is -2.24. The van der Waals surface area contributed by atoms with Crippen LogP contribution in [-0.4, -0.2) is 92.6 Å². The number of aromatic nitrogens is 1. The summed E-state index contributed by atoms with van der Waals surface area (Å²) >= 11 is 0. The van der Waals surface area contributed by atoms with Crippen LogP contribution in [-0.2, 0) is 35.2 Å². The Hall–Kier alpha value is -5.19. The van der Waals surface area contributed by atoms with E-state index in [0.29, 0.717) is 10.9 Å². The van der Waals surface area contributed by atoms with E-state index in [1.54, 1.807) is 30.5 Å². The summed E-state index contributed by atoms with van der Waals surface area (Å²) in [5, 5.41) is 35.4. The van der Waals surface area contributed by atoms with Gasteiger partial charge in [0.25, 0.3) is 0 Å². The van der Waals surface area contributed by atoms with Crippen molar-refractivity contribution in [1.82, 2.24) is 20.9 Å². The molecule has 0 saturated heterocycles. The first-order valence-electron chi connectivity index (χ1n) is 12.7. The van der Waals surface area contributed by atoms with Gasteiger partial charge in [-0.05, 0) is 24.5 Å². The Morgan fingerprint density at radius 1 is 0.833 bits per heavy atom. The normalized spacial score (nSPS) is 13.6. The minimum absolute atomic E-state index is 0.0799. The van der Waals surface area contributed by atoms with Crippen LogP contribution in [0.25, 0.3) is 10.9 Å². The molecule has 0 saturated carbocycles. The number of carboxylic acids is 3. The van der Waals surface area contributed by atoms with E-state index >= 15 is 0 Å². The minimum atomic E-state index is -1.73. The molecule has 0 aliphatic carbocycles. The number of rotatable bonds is 17. The molecule has 1 aromatic carbocycles. The maximum atomic E-state index is 13.4. The predicted molar refractivity (Wildman–Crippen MR) is 148 cm³/mol. The van der Waals surface area contributed by atoms with Gasteiger partial charge in [-0.3, -0.25) is 29.0 Å². The van der Waals surface area contributed by atoms with E-state index in [1.165, 1.54) is 0 Å². The summed E-state index contributed by atoms with van der Waals surface area (Å²) < 4.78 is 0. The van der Waals surface area contributed by atoms with Crippen molar-refractivity contribution in [3.05, 3.63) is 36.0 Å². The van der Waals surface area contributed by atoms with Gasteiger partial charge in [0.15, 0.2) is 5.96 Å². The monoisotopic (exact) mass is 590 g/mol. The molecular weight excluding hydrogens is 556 g/mol. The summed E-state index contributed by atoms with van der Waals surface area (Å²) in [5.41, 5.74) is 17.4. The maximum Gasteiger partial charge on any atom is 0.326 e. The van der Waals surface area contributed by atoms with Crippen LogP contribution in [0.2, 0.25) is 0 Å². The third kappa shape index (κ3) is 10.4. The molecular formula is C25H34N8O9. The number of carbonyl (C=O) groups excluding carboxylic acids is 3. The van der Waals surface area contributed by atoms with Crippen molar-refractivity contribution in [2.75, 3.05) is 6.54 Å². The molecule has 13 N–H and O–H groups in total. The standard InChI is InChI=1S/C25H34N8O9/c26-14(9-19(34)35)21(38)32-17(8-12-11-30-15-5-2-1-4-13(12)15)22(39)33-18(10-20(36)37)23(40)31-16(24(41)42)6-3-7-29-25(27)28/h1-2,4-5,11,14,16-18,30H,3,6-10,26H2,(H,31,40)(H,32,38)(H,33,39)(H,34,35)(H,36,37)(H,41,42)(H4,27,28,29). The molecule has 2 aromatic rings. The number of hydrogen-bond acceptors (Lipinski definition) is 8. The largest absolute Gasteiger partial charge is 0.481 e. The molecule has 17 heteroatoms. The lowest BCUT2D eigenvalue weighted by Crippen LogP contribution is -2.58. The zero-order valence-corrected chi connectivity index (χ0v) is 22.4. The van der Waals surface area contributed by atoms with Gasteiger partial charge in [-0.25, -0.2) is 4.79 Å². The second kappa shape index (κ2) is 15.6. The highest BCUT2D eigenvalue weighted by Crippen LogP contribution is 2.19. The molecule has 3 amide bonds. The molecule has 0 radical (unpaired) electrons. The van der Waals surface area contributed by atoms with Crippen molar-refractivity contribution in [3.8, 4) is 0 Å². The summed E-state index contributed by atoms with van der Waals surface area (Å²) in [6.45, 7) is 0.0799. The fraction of sp³-hybridized carbons (Fsp3) is 0.400. The molecule has 0 aliphatic heterocycles. The van der Waals surface area contributed by atoms with Crippen LogP contribution >= 0.6 is 0 Å². The van der Waals surface area contributed by atoms with Gasteiger partial charge in [0.1, 0.15) is 18.1 Å². The number of guanidine groups is 1. The average Bonchev–Trinajstić information content (AvgIpc) is 3.31. The molecule has 42 heavy (non-hydrogen) atoms. The third-order valence-corrected chi connectivity index (χ3v) is 6.03. The number of benzene rings is 1. The number of nitrogens with two attached hydrogens (primary N) is 3. The molecule has 4 atom stereocenters. The van der Waals surface area contributed by atoms with Crippen molar-refractivity contribution in [2.45, 2.75) is 56.3 Å². The number of H-pyrrole nitrogens is 1. The first kappa shape index (κ1) is 33.0. The summed E-state index contributed by atoms with van der Waals surface area (Å²) in [4.78, 5) is 79.8. The summed E-state index contributed by atoms with van der Waals surface area (Å²) in [7, 11) is 0. The summed E-state index contributed by atoms with van der Waals surface area (Å²) in [5.74, 6) is -7.49. The van der Waals surface area contributed by atoms with Gasteiger partial charge in [0.2, 0.25) is 17.7 Å². The molecule has 0 bridgehead atoms. The number of hydrogen-bond donors (Lipinski definition) is 10. The first-order chi connectivity index (χ1) is 19.8. The number of aliphatic carboxylic acids is 3. The van der Waals surface area contributed by atoms with Crippen molar-refractivity contribution < 1.29 is 44.1 Å². The Kier molecular flexibility index (Phi) is 12.2. The number of amides is 3. The van der Waals surface area contributed by atoms with Crippen LogP contribution in [0.3, 0.4) is 0 Å². The van der Waals surface area contributed by atoms with E-state index in [0.717, 1.165) is 5.52 Å². The highest BCUT2D eigenvalue weighted by molar-refractivity contribution is 5.96. The molecule has 2 rings (SSSR count). The Labute approximate surface area is 238 Å². The topological polar surface area (TPSA) is 305 Å². The van der Waals surface area contributed by atoms with Gasteiger partial charge >= 0.3 is 17.9 Å². The van der Waals surface area contributed by atoms with Gasteiger partial charge in [0, 0.05) is 30.1 Å².